The minimum Gasteiger partial charge on any atom is -0.287 e. The number of hydrogen-bond donors (Lipinski definition) is 0. The summed E-state index contributed by atoms with van der Waals surface area (Å²) in [5.74, 6) is -0.358. The Morgan fingerprint density at radius 1 is 1.17 bits per heavy atom. The molecule has 0 radical (unpaired) electrons. The minimum atomic E-state index is -4.39. The maximum absolute atomic E-state index is 12.4. The summed E-state index contributed by atoms with van der Waals surface area (Å²) in [6.07, 6.45) is -2.94. The van der Waals surface area contributed by atoms with Gasteiger partial charge in [0, 0.05) is 18.8 Å². The van der Waals surface area contributed by atoms with E-state index in [1.165, 1.54) is 16.9 Å². The second kappa shape index (κ2) is 4.29. The molecule has 0 bridgehead atoms. The fourth-order valence-electron chi connectivity index (χ4n) is 1.56. The van der Waals surface area contributed by atoms with Gasteiger partial charge in [-0.2, -0.15) is 18.3 Å². The van der Waals surface area contributed by atoms with E-state index in [-0.39, 0.29) is 11.3 Å². The third-order valence-electron chi connectivity index (χ3n) is 2.53. The van der Waals surface area contributed by atoms with Crippen LogP contribution in [0, 0.1) is 0 Å². The molecule has 94 valence electrons. The third kappa shape index (κ3) is 2.27. The second-order valence-electron chi connectivity index (χ2n) is 3.74. The smallest absolute Gasteiger partial charge is 0.287 e. The van der Waals surface area contributed by atoms with Crippen LogP contribution in [-0.2, 0) is 13.2 Å². The molecule has 2 rings (SSSR count). The molecule has 0 aliphatic heterocycles. The zero-order valence-corrected chi connectivity index (χ0v) is 9.40. The average Bonchev–Trinajstić information content (AvgIpc) is 2.73. The molecule has 1 aromatic heterocycles. The van der Waals surface area contributed by atoms with E-state index in [1.54, 1.807) is 7.05 Å². The summed E-state index contributed by atoms with van der Waals surface area (Å²) >= 11 is 0. The lowest BCUT2D eigenvalue weighted by Gasteiger charge is -2.07. The predicted molar refractivity (Wildman–Crippen MR) is 58.1 cm³/mol. The van der Waals surface area contributed by atoms with E-state index in [9.17, 15) is 18.0 Å². The molecule has 0 saturated carbocycles. The molecule has 3 nitrogen and oxygen atoms in total. The Hall–Kier alpha value is -2.11. The Morgan fingerprint density at radius 2 is 1.78 bits per heavy atom. The maximum atomic E-state index is 12.4. The van der Waals surface area contributed by atoms with E-state index in [0.29, 0.717) is 5.69 Å². The van der Waals surface area contributed by atoms with E-state index in [2.05, 4.69) is 5.10 Å². The van der Waals surface area contributed by atoms with Crippen molar-refractivity contribution in [1.82, 2.24) is 9.78 Å². The molecule has 0 aliphatic rings. The van der Waals surface area contributed by atoms with Gasteiger partial charge in [-0.15, -0.1) is 0 Å². The SMILES string of the molecule is Cn1nccc1C(=O)c1ccc(C(F)(F)F)cc1. The molecular formula is C12H9F3N2O. The van der Waals surface area contributed by atoms with Crippen LogP contribution in [0.3, 0.4) is 0 Å². The molecule has 0 atom stereocenters. The third-order valence-corrected chi connectivity index (χ3v) is 2.53. The standard InChI is InChI=1S/C12H9F3N2O/c1-17-10(6-7-16-17)11(18)8-2-4-9(5-3-8)12(13,14)15/h2-7H,1H3. The van der Waals surface area contributed by atoms with E-state index < -0.39 is 11.7 Å². The van der Waals surface area contributed by atoms with Crippen molar-refractivity contribution in [2.24, 2.45) is 7.05 Å². The average molecular weight is 254 g/mol. The summed E-state index contributed by atoms with van der Waals surface area (Å²) in [7, 11) is 1.59. The number of ketones is 1. The molecule has 0 aliphatic carbocycles. The molecule has 0 saturated heterocycles. The van der Waals surface area contributed by atoms with Gasteiger partial charge in [0.15, 0.2) is 0 Å². The Labute approximate surface area is 101 Å². The Balaban J connectivity index is 2.31. The van der Waals surface area contributed by atoms with Crippen molar-refractivity contribution in [2.75, 3.05) is 0 Å². The van der Waals surface area contributed by atoms with E-state index >= 15 is 0 Å². The van der Waals surface area contributed by atoms with Gasteiger partial charge in [0.05, 0.1) is 5.56 Å². The zero-order valence-electron chi connectivity index (χ0n) is 9.40. The molecule has 1 heterocycles. The monoisotopic (exact) mass is 254 g/mol. The summed E-state index contributed by atoms with van der Waals surface area (Å²) in [4.78, 5) is 11.9. The van der Waals surface area contributed by atoms with Gasteiger partial charge in [0.1, 0.15) is 5.69 Å². The molecule has 2 aromatic rings. The first-order chi connectivity index (χ1) is 8.39. The fourth-order valence-corrected chi connectivity index (χ4v) is 1.56. The normalized spacial score (nSPS) is 11.6. The quantitative estimate of drug-likeness (QED) is 0.772. The molecule has 6 heteroatoms. The van der Waals surface area contributed by atoms with E-state index in [4.69, 9.17) is 0 Å². The van der Waals surface area contributed by atoms with Crippen molar-refractivity contribution in [3.05, 3.63) is 53.3 Å². The molecule has 1 aromatic carbocycles. The van der Waals surface area contributed by atoms with Gasteiger partial charge in [-0.3, -0.25) is 9.48 Å². The number of hydrogen-bond acceptors (Lipinski definition) is 2. The van der Waals surface area contributed by atoms with E-state index in [0.717, 1.165) is 24.3 Å². The maximum Gasteiger partial charge on any atom is 0.416 e. The number of halogens is 3. The number of carbonyl (C=O) groups is 1. The number of aromatic nitrogens is 2. The lowest BCUT2D eigenvalue weighted by Crippen LogP contribution is -2.09. The Bertz CT molecular complexity index is 570. The topological polar surface area (TPSA) is 34.9 Å². The van der Waals surface area contributed by atoms with Crippen molar-refractivity contribution in [3.63, 3.8) is 0 Å². The van der Waals surface area contributed by atoms with Crippen LogP contribution in [0.1, 0.15) is 21.6 Å². The summed E-state index contributed by atoms with van der Waals surface area (Å²) in [5.41, 5.74) is -0.245. The van der Waals surface area contributed by atoms with Crippen LogP contribution in [0.25, 0.3) is 0 Å². The highest BCUT2D eigenvalue weighted by molar-refractivity contribution is 6.07. The predicted octanol–water partition coefficient (Wildman–Crippen LogP) is 2.67. The second-order valence-corrected chi connectivity index (χ2v) is 3.74. The van der Waals surface area contributed by atoms with Gasteiger partial charge in [0.25, 0.3) is 0 Å². The van der Waals surface area contributed by atoms with Gasteiger partial charge >= 0.3 is 6.18 Å². The number of nitrogens with zero attached hydrogens (tertiary/aromatic N) is 2. The molecular weight excluding hydrogens is 245 g/mol. The number of aryl methyl sites for hydroxylation is 1. The first-order valence-corrected chi connectivity index (χ1v) is 5.09. The van der Waals surface area contributed by atoms with E-state index in [1.807, 2.05) is 0 Å². The molecule has 0 N–H and O–H groups in total. The lowest BCUT2D eigenvalue weighted by atomic mass is 10.1. The van der Waals surface area contributed by atoms with Gasteiger partial charge in [-0.05, 0) is 18.2 Å². The van der Waals surface area contributed by atoms with Crippen molar-refractivity contribution >= 4 is 5.78 Å². The van der Waals surface area contributed by atoms with Crippen LogP contribution in [0.5, 0.6) is 0 Å². The summed E-state index contributed by atoms with van der Waals surface area (Å²) < 4.78 is 38.5. The molecule has 18 heavy (non-hydrogen) atoms. The Kier molecular flexibility index (Phi) is 2.94. The van der Waals surface area contributed by atoms with Crippen molar-refractivity contribution in [2.45, 2.75) is 6.18 Å². The summed E-state index contributed by atoms with van der Waals surface area (Å²) in [5, 5.41) is 3.84. The van der Waals surface area contributed by atoms with Crippen LogP contribution in [0.15, 0.2) is 36.5 Å². The van der Waals surface area contributed by atoms with Gasteiger partial charge in [0.2, 0.25) is 5.78 Å². The first kappa shape index (κ1) is 12.3. The van der Waals surface area contributed by atoms with Gasteiger partial charge < -0.3 is 0 Å². The molecule has 0 unspecified atom stereocenters. The number of carbonyl (C=O) groups excluding carboxylic acids is 1. The molecule has 0 spiro atoms. The van der Waals surface area contributed by atoms with Crippen LogP contribution in [0.2, 0.25) is 0 Å². The summed E-state index contributed by atoms with van der Waals surface area (Å²) in [6, 6.07) is 5.63. The lowest BCUT2D eigenvalue weighted by molar-refractivity contribution is -0.137. The first-order valence-electron chi connectivity index (χ1n) is 5.09. The highest BCUT2D eigenvalue weighted by Gasteiger charge is 2.30. The minimum absolute atomic E-state index is 0.201. The van der Waals surface area contributed by atoms with Gasteiger partial charge in [-0.25, -0.2) is 0 Å². The highest BCUT2D eigenvalue weighted by atomic mass is 19.4. The molecule has 0 fully saturated rings. The fraction of sp³-hybridized carbons (Fsp3) is 0.167. The number of alkyl halides is 3. The number of rotatable bonds is 2. The van der Waals surface area contributed by atoms with Crippen LogP contribution >= 0.6 is 0 Å². The van der Waals surface area contributed by atoms with Crippen molar-refractivity contribution in [3.8, 4) is 0 Å². The largest absolute Gasteiger partial charge is 0.416 e. The number of benzene rings is 1. The zero-order chi connectivity index (χ0) is 13.3. The highest BCUT2D eigenvalue weighted by Crippen LogP contribution is 2.29. The van der Waals surface area contributed by atoms with Crippen LogP contribution in [0.4, 0.5) is 13.2 Å². The van der Waals surface area contributed by atoms with Crippen molar-refractivity contribution < 1.29 is 18.0 Å². The molecule has 0 amide bonds. The van der Waals surface area contributed by atoms with Gasteiger partial charge in [-0.1, -0.05) is 12.1 Å². The summed E-state index contributed by atoms with van der Waals surface area (Å²) in [6.45, 7) is 0. The van der Waals surface area contributed by atoms with Crippen LogP contribution in [-0.4, -0.2) is 15.6 Å². The van der Waals surface area contributed by atoms with Crippen molar-refractivity contribution in [1.29, 1.82) is 0 Å². The van der Waals surface area contributed by atoms with Crippen LogP contribution < -0.4 is 0 Å². The Morgan fingerprint density at radius 3 is 2.22 bits per heavy atom.